The molecule has 0 atom stereocenters. The number of benzene rings is 1. The van der Waals surface area contributed by atoms with Crippen molar-refractivity contribution in [3.05, 3.63) is 40.4 Å². The molecule has 0 radical (unpaired) electrons. The van der Waals surface area contributed by atoms with Gasteiger partial charge >= 0.3 is 0 Å². The van der Waals surface area contributed by atoms with E-state index in [1.807, 2.05) is 42.3 Å². The van der Waals surface area contributed by atoms with Crippen LogP contribution in [-0.4, -0.2) is 37.5 Å². The first-order valence-corrected chi connectivity index (χ1v) is 7.86. The van der Waals surface area contributed by atoms with Gasteiger partial charge in [0.25, 0.3) is 0 Å². The first kappa shape index (κ1) is 15.3. The highest BCUT2D eigenvalue weighted by molar-refractivity contribution is 9.10. The van der Waals surface area contributed by atoms with Crippen molar-refractivity contribution in [2.75, 3.05) is 26.7 Å². The molecule has 20 heavy (non-hydrogen) atoms. The van der Waals surface area contributed by atoms with E-state index in [-0.39, 0.29) is 5.91 Å². The maximum Gasteiger partial charge on any atom is 0.246 e. The summed E-state index contributed by atoms with van der Waals surface area (Å²) in [6.07, 6.45) is 5.75. The van der Waals surface area contributed by atoms with E-state index in [4.69, 9.17) is 0 Å². The van der Waals surface area contributed by atoms with Gasteiger partial charge in [0.15, 0.2) is 0 Å². The summed E-state index contributed by atoms with van der Waals surface area (Å²) in [6, 6.07) is 7.91. The number of nitrogens with one attached hydrogen (secondary N) is 1. The Hall–Kier alpha value is -1.13. The largest absolute Gasteiger partial charge is 0.339 e. The van der Waals surface area contributed by atoms with Gasteiger partial charge < -0.3 is 10.2 Å². The smallest absolute Gasteiger partial charge is 0.246 e. The number of hydrogen-bond donors (Lipinski definition) is 1. The van der Waals surface area contributed by atoms with Crippen LogP contribution in [0, 0.1) is 5.92 Å². The highest BCUT2D eigenvalue weighted by atomic mass is 79.9. The topological polar surface area (TPSA) is 32.3 Å². The summed E-state index contributed by atoms with van der Waals surface area (Å²) in [5.74, 6) is 0.819. The lowest BCUT2D eigenvalue weighted by atomic mass is 9.97. The van der Waals surface area contributed by atoms with Crippen molar-refractivity contribution in [1.82, 2.24) is 10.2 Å². The van der Waals surface area contributed by atoms with Gasteiger partial charge in [-0.3, -0.25) is 4.79 Å². The fourth-order valence-electron chi connectivity index (χ4n) is 2.52. The van der Waals surface area contributed by atoms with E-state index in [2.05, 4.69) is 21.2 Å². The summed E-state index contributed by atoms with van der Waals surface area (Å²) in [5, 5.41) is 3.21. The number of hydrogen-bond acceptors (Lipinski definition) is 2. The SMILES string of the molecule is CNCC1CCN(C(=O)C=Cc2ccccc2Br)CC1. The van der Waals surface area contributed by atoms with Gasteiger partial charge in [0.1, 0.15) is 0 Å². The highest BCUT2D eigenvalue weighted by Crippen LogP contribution is 2.19. The lowest BCUT2D eigenvalue weighted by Crippen LogP contribution is -2.39. The van der Waals surface area contributed by atoms with Gasteiger partial charge in [0, 0.05) is 23.6 Å². The van der Waals surface area contributed by atoms with Crippen molar-refractivity contribution < 1.29 is 4.79 Å². The van der Waals surface area contributed by atoms with Gasteiger partial charge in [-0.1, -0.05) is 34.1 Å². The molecule has 2 rings (SSSR count). The zero-order chi connectivity index (χ0) is 14.4. The molecule has 1 N–H and O–H groups in total. The average Bonchev–Trinajstić information content (AvgIpc) is 2.47. The first-order chi connectivity index (χ1) is 9.70. The fourth-order valence-corrected chi connectivity index (χ4v) is 2.94. The van der Waals surface area contributed by atoms with Crippen molar-refractivity contribution in [2.24, 2.45) is 5.92 Å². The molecule has 0 aliphatic carbocycles. The van der Waals surface area contributed by atoms with Crippen LogP contribution in [0.15, 0.2) is 34.8 Å². The van der Waals surface area contributed by atoms with Crippen molar-refractivity contribution >= 4 is 27.9 Å². The Morgan fingerprint density at radius 2 is 2.10 bits per heavy atom. The molecule has 0 aromatic heterocycles. The molecule has 1 saturated heterocycles. The molecule has 108 valence electrons. The lowest BCUT2D eigenvalue weighted by molar-refractivity contribution is -0.127. The van der Waals surface area contributed by atoms with E-state index in [0.29, 0.717) is 5.92 Å². The third-order valence-electron chi connectivity index (χ3n) is 3.73. The summed E-state index contributed by atoms with van der Waals surface area (Å²) in [5.41, 5.74) is 1.03. The van der Waals surface area contributed by atoms with Gasteiger partial charge in [-0.05, 0) is 50.1 Å². The molecule has 1 aliphatic heterocycles. The molecule has 3 nitrogen and oxygen atoms in total. The van der Waals surface area contributed by atoms with Crippen molar-refractivity contribution in [1.29, 1.82) is 0 Å². The Kier molecular flexibility index (Phi) is 5.80. The first-order valence-electron chi connectivity index (χ1n) is 7.07. The molecule has 1 aliphatic rings. The maximum atomic E-state index is 12.2. The van der Waals surface area contributed by atoms with E-state index < -0.39 is 0 Å². The molecule has 1 heterocycles. The van der Waals surface area contributed by atoms with Crippen LogP contribution in [0.3, 0.4) is 0 Å². The van der Waals surface area contributed by atoms with Crippen LogP contribution in [0.1, 0.15) is 18.4 Å². The molecule has 1 amide bonds. The predicted molar refractivity (Wildman–Crippen MR) is 86.4 cm³/mol. The summed E-state index contributed by atoms with van der Waals surface area (Å²) < 4.78 is 1.01. The summed E-state index contributed by atoms with van der Waals surface area (Å²) in [6.45, 7) is 2.78. The second-order valence-electron chi connectivity index (χ2n) is 5.18. The van der Waals surface area contributed by atoms with E-state index in [1.54, 1.807) is 6.08 Å². The molecule has 1 aromatic rings. The van der Waals surface area contributed by atoms with Gasteiger partial charge in [0.2, 0.25) is 5.91 Å². The molecule has 1 fully saturated rings. The van der Waals surface area contributed by atoms with E-state index >= 15 is 0 Å². The van der Waals surface area contributed by atoms with Crippen molar-refractivity contribution in [2.45, 2.75) is 12.8 Å². The van der Waals surface area contributed by atoms with Gasteiger partial charge in [-0.15, -0.1) is 0 Å². The normalized spacial score (nSPS) is 16.8. The monoisotopic (exact) mass is 336 g/mol. The Balaban J connectivity index is 1.88. The second kappa shape index (κ2) is 7.60. The quantitative estimate of drug-likeness (QED) is 0.857. The number of halogens is 1. The van der Waals surface area contributed by atoms with E-state index in [9.17, 15) is 4.79 Å². The Morgan fingerprint density at radius 3 is 2.75 bits per heavy atom. The number of carbonyl (C=O) groups is 1. The van der Waals surface area contributed by atoms with Crippen molar-refractivity contribution in [3.63, 3.8) is 0 Å². The minimum absolute atomic E-state index is 0.115. The molecule has 0 spiro atoms. The minimum atomic E-state index is 0.115. The minimum Gasteiger partial charge on any atom is -0.339 e. The van der Waals surface area contributed by atoms with Gasteiger partial charge in [-0.25, -0.2) is 0 Å². The molecule has 0 bridgehead atoms. The predicted octanol–water partition coefficient (Wildman–Crippen LogP) is 2.92. The molecule has 0 saturated carbocycles. The van der Waals surface area contributed by atoms with Crippen LogP contribution in [0.4, 0.5) is 0 Å². The zero-order valence-corrected chi connectivity index (χ0v) is 13.4. The van der Waals surface area contributed by atoms with Crippen LogP contribution < -0.4 is 5.32 Å². The summed E-state index contributed by atoms with van der Waals surface area (Å²) >= 11 is 3.48. The lowest BCUT2D eigenvalue weighted by Gasteiger charge is -2.31. The van der Waals surface area contributed by atoms with Gasteiger partial charge in [-0.2, -0.15) is 0 Å². The molecule has 4 heteroatoms. The number of likely N-dealkylation sites (tertiary alicyclic amines) is 1. The third-order valence-corrected chi connectivity index (χ3v) is 4.45. The number of piperidine rings is 1. The Morgan fingerprint density at radius 1 is 1.40 bits per heavy atom. The number of carbonyl (C=O) groups excluding carboxylic acids is 1. The molecular formula is C16H21BrN2O. The number of nitrogens with zero attached hydrogens (tertiary/aromatic N) is 1. The zero-order valence-electron chi connectivity index (χ0n) is 11.8. The Labute approximate surface area is 129 Å². The van der Waals surface area contributed by atoms with E-state index in [1.165, 1.54) is 0 Å². The van der Waals surface area contributed by atoms with Crippen LogP contribution in [0.5, 0.6) is 0 Å². The number of amides is 1. The van der Waals surface area contributed by atoms with Crippen LogP contribution >= 0.6 is 15.9 Å². The molecular weight excluding hydrogens is 316 g/mol. The summed E-state index contributed by atoms with van der Waals surface area (Å²) in [7, 11) is 1.98. The van der Waals surface area contributed by atoms with Crippen LogP contribution in [0.25, 0.3) is 6.08 Å². The maximum absolute atomic E-state index is 12.2. The number of rotatable bonds is 4. The third kappa shape index (κ3) is 4.18. The standard InChI is InChI=1S/C16H21BrN2O/c1-18-12-13-8-10-19(11-9-13)16(20)7-6-14-4-2-3-5-15(14)17/h2-7,13,18H,8-12H2,1H3. The highest BCUT2D eigenvalue weighted by Gasteiger charge is 2.20. The fraction of sp³-hybridized carbons (Fsp3) is 0.438. The molecule has 1 aromatic carbocycles. The van der Waals surface area contributed by atoms with Gasteiger partial charge in [0.05, 0.1) is 0 Å². The summed E-state index contributed by atoms with van der Waals surface area (Å²) in [4.78, 5) is 14.1. The van der Waals surface area contributed by atoms with Crippen molar-refractivity contribution in [3.8, 4) is 0 Å². The Bertz CT molecular complexity index is 479. The average molecular weight is 337 g/mol. The van der Waals surface area contributed by atoms with E-state index in [0.717, 1.165) is 42.5 Å². The van der Waals surface area contributed by atoms with Crippen LogP contribution in [-0.2, 0) is 4.79 Å². The second-order valence-corrected chi connectivity index (χ2v) is 6.04. The molecule has 0 unspecified atom stereocenters. The van der Waals surface area contributed by atoms with Crippen LogP contribution in [0.2, 0.25) is 0 Å².